The molecule has 2 N–H and O–H groups in total. The zero-order chi connectivity index (χ0) is 27.0. The van der Waals surface area contributed by atoms with E-state index in [-0.39, 0.29) is 23.9 Å². The van der Waals surface area contributed by atoms with Gasteiger partial charge >= 0.3 is 0 Å². The van der Waals surface area contributed by atoms with Crippen LogP contribution < -0.4 is 10.7 Å². The van der Waals surface area contributed by atoms with Crippen LogP contribution in [0.3, 0.4) is 0 Å². The number of carbonyl (C=O) groups is 3. The van der Waals surface area contributed by atoms with Crippen LogP contribution >= 0.6 is 11.6 Å². The van der Waals surface area contributed by atoms with Crippen LogP contribution in [-0.2, 0) is 20.8 Å². The van der Waals surface area contributed by atoms with Crippen molar-refractivity contribution in [3.63, 3.8) is 0 Å². The average Bonchev–Trinajstić information content (AvgIpc) is 3.32. The van der Waals surface area contributed by atoms with Crippen molar-refractivity contribution in [3.8, 4) is 0 Å². The highest BCUT2D eigenvalue weighted by atomic mass is 35.5. The lowest BCUT2D eigenvalue weighted by molar-refractivity contribution is -0.148. The molecule has 2 aliphatic rings. The van der Waals surface area contributed by atoms with Gasteiger partial charge in [-0.3, -0.25) is 15.0 Å². The van der Waals surface area contributed by atoms with E-state index in [1.54, 1.807) is 13.8 Å². The topological polar surface area (TPSA) is 85.0 Å². The molecule has 2 fully saturated rings. The van der Waals surface area contributed by atoms with Gasteiger partial charge in [-0.1, -0.05) is 43.0 Å². The number of amides is 2. The van der Waals surface area contributed by atoms with E-state index in [1.807, 2.05) is 48.3 Å². The number of hydrogen-bond donors (Lipinski definition) is 2. The Bertz CT molecular complexity index is 902. The lowest BCUT2D eigenvalue weighted by atomic mass is 9.88. The smallest absolute Gasteiger partial charge is 0.251 e. The zero-order valence-electron chi connectivity index (χ0n) is 22.8. The van der Waals surface area contributed by atoms with Crippen LogP contribution in [0.25, 0.3) is 0 Å². The number of rotatable bonds is 12. The van der Waals surface area contributed by atoms with Gasteiger partial charge in [-0.05, 0) is 71.3 Å². The van der Waals surface area contributed by atoms with Crippen molar-refractivity contribution in [3.05, 3.63) is 34.9 Å². The molecule has 0 bridgehead atoms. The van der Waals surface area contributed by atoms with E-state index in [1.165, 1.54) is 6.42 Å². The Morgan fingerprint density at radius 2 is 1.78 bits per heavy atom. The van der Waals surface area contributed by atoms with E-state index in [4.69, 9.17) is 11.6 Å². The van der Waals surface area contributed by atoms with Crippen LogP contribution in [0.4, 0.5) is 0 Å². The van der Waals surface area contributed by atoms with E-state index in [0.717, 1.165) is 50.5 Å². The van der Waals surface area contributed by atoms with E-state index < -0.39 is 11.5 Å². The molecule has 1 aliphatic carbocycles. The van der Waals surface area contributed by atoms with Crippen molar-refractivity contribution in [2.45, 2.75) is 76.9 Å². The van der Waals surface area contributed by atoms with Gasteiger partial charge in [-0.25, -0.2) is 5.01 Å². The molecule has 3 rings (SSSR count). The van der Waals surface area contributed by atoms with E-state index in [0.29, 0.717) is 31.1 Å². The summed E-state index contributed by atoms with van der Waals surface area (Å²) in [6.45, 7) is 6.14. The first-order chi connectivity index (χ1) is 17.6. The summed E-state index contributed by atoms with van der Waals surface area (Å²) in [5.41, 5.74) is 3.10. The number of aldehydes is 1. The molecule has 1 aliphatic heterocycles. The summed E-state index contributed by atoms with van der Waals surface area (Å²) in [5, 5.41) is 6.01. The Kier molecular flexibility index (Phi) is 10.9. The highest BCUT2D eigenvalue weighted by Gasteiger charge is 2.42. The summed E-state index contributed by atoms with van der Waals surface area (Å²) in [7, 11) is 4.01. The van der Waals surface area contributed by atoms with Crippen LogP contribution in [0.15, 0.2) is 24.3 Å². The maximum atomic E-state index is 13.5. The fourth-order valence-electron chi connectivity index (χ4n) is 5.25. The maximum absolute atomic E-state index is 13.5. The summed E-state index contributed by atoms with van der Waals surface area (Å²) in [6.07, 6.45) is 7.44. The maximum Gasteiger partial charge on any atom is 0.251 e. The van der Waals surface area contributed by atoms with Crippen molar-refractivity contribution < 1.29 is 14.4 Å². The van der Waals surface area contributed by atoms with Crippen molar-refractivity contribution in [1.82, 2.24) is 25.6 Å². The lowest BCUT2D eigenvalue weighted by Gasteiger charge is -2.41. The average molecular weight is 534 g/mol. The first-order valence-corrected chi connectivity index (χ1v) is 14.0. The highest BCUT2D eigenvalue weighted by Crippen LogP contribution is 2.31. The van der Waals surface area contributed by atoms with Gasteiger partial charge < -0.3 is 19.9 Å². The second kappa shape index (κ2) is 13.7. The monoisotopic (exact) mass is 533 g/mol. The third-order valence-electron chi connectivity index (χ3n) is 7.49. The summed E-state index contributed by atoms with van der Waals surface area (Å²) in [4.78, 5) is 42.6. The summed E-state index contributed by atoms with van der Waals surface area (Å²) < 4.78 is 0. The molecule has 1 heterocycles. The molecule has 2 atom stereocenters. The third kappa shape index (κ3) is 8.50. The van der Waals surface area contributed by atoms with Gasteiger partial charge in [0.05, 0.1) is 11.5 Å². The van der Waals surface area contributed by atoms with Crippen molar-refractivity contribution in [2.24, 2.45) is 5.41 Å². The Morgan fingerprint density at radius 1 is 1.11 bits per heavy atom. The molecule has 1 saturated heterocycles. The molecule has 37 heavy (non-hydrogen) atoms. The van der Waals surface area contributed by atoms with Crippen molar-refractivity contribution in [1.29, 1.82) is 0 Å². The fraction of sp³-hybridized carbons (Fsp3) is 0.679. The Morgan fingerprint density at radius 3 is 2.41 bits per heavy atom. The Hall–Kier alpha value is -2.00. The minimum Gasteiger partial charge on any atom is -0.334 e. The molecule has 0 radical (unpaired) electrons. The molecule has 1 saturated carbocycles. The van der Waals surface area contributed by atoms with E-state index in [9.17, 15) is 14.4 Å². The fourth-order valence-corrected chi connectivity index (χ4v) is 5.38. The molecule has 9 heteroatoms. The predicted molar refractivity (Wildman–Crippen MR) is 147 cm³/mol. The number of carbonyl (C=O) groups excluding carboxylic acids is 3. The molecule has 2 amide bonds. The number of likely N-dealkylation sites (N-methyl/N-ethyl adjacent to an activating group) is 1. The van der Waals surface area contributed by atoms with Gasteiger partial charge in [-0.15, -0.1) is 0 Å². The van der Waals surface area contributed by atoms with E-state index in [2.05, 4.69) is 15.6 Å². The minimum absolute atomic E-state index is 0.0217. The van der Waals surface area contributed by atoms with Crippen LogP contribution in [-0.4, -0.2) is 91.3 Å². The van der Waals surface area contributed by atoms with Gasteiger partial charge in [0.25, 0.3) is 5.91 Å². The van der Waals surface area contributed by atoms with Crippen LogP contribution in [0.1, 0.15) is 57.9 Å². The van der Waals surface area contributed by atoms with Crippen molar-refractivity contribution >= 4 is 29.7 Å². The second-order valence-corrected chi connectivity index (χ2v) is 11.8. The number of nitrogens with one attached hydrogen (secondary N) is 2. The van der Waals surface area contributed by atoms with Gasteiger partial charge in [0.2, 0.25) is 5.91 Å². The van der Waals surface area contributed by atoms with Crippen LogP contribution in [0.2, 0.25) is 5.02 Å². The molecule has 1 aromatic carbocycles. The first kappa shape index (κ1) is 29.6. The van der Waals surface area contributed by atoms with Crippen molar-refractivity contribution in [2.75, 3.05) is 40.3 Å². The number of nitrogens with zero attached hydrogens (tertiary/aromatic N) is 3. The zero-order valence-corrected chi connectivity index (χ0v) is 23.6. The number of hydrazine groups is 1. The highest BCUT2D eigenvalue weighted by molar-refractivity contribution is 6.30. The quantitative estimate of drug-likeness (QED) is 0.317. The molecular weight excluding hydrogens is 490 g/mol. The minimum atomic E-state index is -1.05. The lowest BCUT2D eigenvalue weighted by Crippen LogP contribution is -2.55. The van der Waals surface area contributed by atoms with E-state index >= 15 is 0 Å². The number of halogens is 1. The molecule has 8 nitrogen and oxygen atoms in total. The number of benzene rings is 1. The third-order valence-corrected chi connectivity index (χ3v) is 7.74. The Balaban J connectivity index is 1.67. The van der Waals surface area contributed by atoms with Crippen LogP contribution in [0, 0.1) is 5.41 Å². The standard InChI is InChI=1S/C28H44ClN5O3/c1-28(2,20-35)27(37)34(23-8-6-5-7-9-23)24-14-16-33(19-24)31-26(36)25(30-15-17-32(3)4)18-21-10-12-22(29)13-11-21/h10-13,20,23-25,30H,5-9,14-19H2,1-4H3,(H,31,36)/t24-,25+/m0/s1. The molecular formula is C28H44ClN5O3. The molecule has 1 aromatic rings. The normalized spacial score (nSPS) is 20.1. The Labute approximate surface area is 227 Å². The van der Waals surface area contributed by atoms with Gasteiger partial charge in [0, 0.05) is 43.3 Å². The number of hydrogen-bond acceptors (Lipinski definition) is 6. The SMILES string of the molecule is CN(C)CCN[C@H](Cc1ccc(Cl)cc1)C(=O)NN1CC[C@H](N(C(=O)C(C)(C)C=O)C2CCCCC2)C1. The van der Waals surface area contributed by atoms with Gasteiger partial charge in [0.1, 0.15) is 6.29 Å². The summed E-state index contributed by atoms with van der Waals surface area (Å²) in [6, 6.07) is 7.32. The second-order valence-electron chi connectivity index (χ2n) is 11.3. The summed E-state index contributed by atoms with van der Waals surface area (Å²) in [5.74, 6) is -0.184. The van der Waals surface area contributed by atoms with Gasteiger partial charge in [0.15, 0.2) is 0 Å². The largest absolute Gasteiger partial charge is 0.334 e. The van der Waals surface area contributed by atoms with Crippen LogP contribution in [0.5, 0.6) is 0 Å². The molecule has 0 spiro atoms. The molecule has 206 valence electrons. The predicted octanol–water partition coefficient (Wildman–Crippen LogP) is 2.89. The van der Waals surface area contributed by atoms with Gasteiger partial charge in [-0.2, -0.15) is 0 Å². The summed E-state index contributed by atoms with van der Waals surface area (Å²) >= 11 is 6.04. The molecule has 0 unspecified atom stereocenters. The molecule has 0 aromatic heterocycles. The first-order valence-electron chi connectivity index (χ1n) is 13.6.